The second-order valence-electron chi connectivity index (χ2n) is 5.85. The summed E-state index contributed by atoms with van der Waals surface area (Å²) in [5, 5.41) is 5.47. The van der Waals surface area contributed by atoms with Crippen LogP contribution < -0.4 is 5.32 Å². The van der Waals surface area contributed by atoms with E-state index in [9.17, 15) is 4.79 Å². The van der Waals surface area contributed by atoms with E-state index in [1.165, 1.54) is 16.5 Å². The van der Waals surface area contributed by atoms with Gasteiger partial charge < -0.3 is 5.32 Å². The van der Waals surface area contributed by atoms with Crippen LogP contribution in [0.2, 0.25) is 0 Å². The van der Waals surface area contributed by atoms with Crippen molar-refractivity contribution in [3.8, 4) is 0 Å². The van der Waals surface area contributed by atoms with Gasteiger partial charge in [0.1, 0.15) is 0 Å². The molecule has 0 spiro atoms. The number of aryl methyl sites for hydroxylation is 2. The molecule has 23 heavy (non-hydrogen) atoms. The smallest absolute Gasteiger partial charge is 0.248 e. The Morgan fingerprint density at radius 2 is 1.65 bits per heavy atom. The number of benzene rings is 3. The summed E-state index contributed by atoms with van der Waals surface area (Å²) in [4.78, 5) is 12.2. The molecule has 3 aromatic carbocycles. The van der Waals surface area contributed by atoms with Gasteiger partial charge in [-0.1, -0.05) is 54.6 Å². The Morgan fingerprint density at radius 1 is 0.870 bits per heavy atom. The van der Waals surface area contributed by atoms with Crippen LogP contribution in [0.4, 0.5) is 5.69 Å². The van der Waals surface area contributed by atoms with Crippen molar-refractivity contribution in [3.05, 3.63) is 83.4 Å². The molecule has 0 bridgehead atoms. The Balaban J connectivity index is 1.61. The summed E-state index contributed by atoms with van der Waals surface area (Å²) in [7, 11) is 0. The molecule has 0 aromatic heterocycles. The minimum absolute atomic E-state index is 0.104. The van der Waals surface area contributed by atoms with Crippen LogP contribution in [0.3, 0.4) is 0 Å². The maximum absolute atomic E-state index is 12.2. The van der Waals surface area contributed by atoms with Gasteiger partial charge in [0.25, 0.3) is 0 Å². The average molecular weight is 299 g/mol. The molecule has 0 heterocycles. The molecule has 3 aromatic rings. The highest BCUT2D eigenvalue weighted by atomic mass is 16.1. The van der Waals surface area contributed by atoms with E-state index in [4.69, 9.17) is 0 Å². The molecular weight excluding hydrogens is 282 g/mol. The van der Waals surface area contributed by atoms with E-state index in [1.54, 1.807) is 6.08 Å². The van der Waals surface area contributed by atoms with Crippen LogP contribution >= 0.6 is 0 Å². The molecule has 0 unspecified atom stereocenters. The topological polar surface area (TPSA) is 29.1 Å². The Hall–Kier alpha value is -2.87. The normalized spacial score (nSPS) is 12.9. The second-order valence-corrected chi connectivity index (χ2v) is 5.85. The summed E-state index contributed by atoms with van der Waals surface area (Å²) >= 11 is 0. The fourth-order valence-corrected chi connectivity index (χ4v) is 3.27. The van der Waals surface area contributed by atoms with Gasteiger partial charge in [0.15, 0.2) is 0 Å². The van der Waals surface area contributed by atoms with Gasteiger partial charge in [-0.05, 0) is 47.1 Å². The molecule has 0 saturated carbocycles. The van der Waals surface area contributed by atoms with Crippen LogP contribution in [0.5, 0.6) is 0 Å². The van der Waals surface area contributed by atoms with Crippen LogP contribution in [-0.4, -0.2) is 5.91 Å². The van der Waals surface area contributed by atoms with Crippen molar-refractivity contribution in [2.75, 3.05) is 5.32 Å². The van der Waals surface area contributed by atoms with Gasteiger partial charge in [0, 0.05) is 17.1 Å². The molecule has 112 valence electrons. The first-order valence-corrected chi connectivity index (χ1v) is 7.89. The first-order chi connectivity index (χ1) is 11.3. The number of anilines is 1. The van der Waals surface area contributed by atoms with E-state index in [1.807, 2.05) is 42.5 Å². The molecule has 4 rings (SSSR count). The highest BCUT2D eigenvalue weighted by molar-refractivity contribution is 6.09. The number of nitrogens with one attached hydrogen (secondary N) is 1. The summed E-state index contributed by atoms with van der Waals surface area (Å²) in [5.74, 6) is -0.104. The molecule has 2 heteroatoms. The van der Waals surface area contributed by atoms with Crippen LogP contribution in [0.1, 0.15) is 16.7 Å². The number of hydrogen-bond donors (Lipinski definition) is 1. The van der Waals surface area contributed by atoms with Crippen molar-refractivity contribution in [2.24, 2.45) is 0 Å². The summed E-state index contributed by atoms with van der Waals surface area (Å²) in [5.41, 5.74) is 4.67. The lowest BCUT2D eigenvalue weighted by molar-refractivity contribution is -0.111. The van der Waals surface area contributed by atoms with Crippen molar-refractivity contribution in [3.63, 3.8) is 0 Å². The van der Waals surface area contributed by atoms with Crippen LogP contribution in [0.25, 0.3) is 16.8 Å². The third kappa shape index (κ3) is 2.64. The maximum atomic E-state index is 12.2. The van der Waals surface area contributed by atoms with Crippen molar-refractivity contribution in [2.45, 2.75) is 12.8 Å². The molecule has 1 aliphatic rings. The molecule has 1 aliphatic carbocycles. The van der Waals surface area contributed by atoms with Crippen LogP contribution in [0.15, 0.2) is 66.7 Å². The minimum Gasteiger partial charge on any atom is -0.322 e. The molecule has 0 radical (unpaired) electrons. The first kappa shape index (κ1) is 13.8. The quantitative estimate of drug-likeness (QED) is 0.704. The third-order valence-corrected chi connectivity index (χ3v) is 4.36. The van der Waals surface area contributed by atoms with Crippen LogP contribution in [0, 0.1) is 0 Å². The second kappa shape index (κ2) is 5.73. The van der Waals surface area contributed by atoms with E-state index in [2.05, 4.69) is 29.6 Å². The minimum atomic E-state index is -0.104. The number of hydrogen-bond acceptors (Lipinski definition) is 1. The number of carbonyl (C=O) groups is 1. The van der Waals surface area contributed by atoms with E-state index >= 15 is 0 Å². The van der Waals surface area contributed by atoms with Crippen LogP contribution in [-0.2, 0) is 17.6 Å². The molecule has 0 saturated heterocycles. The SMILES string of the molecule is O=C(C=Cc1ccccc1)Nc1ccc2c3c(cccc13)CC2. The largest absolute Gasteiger partial charge is 0.322 e. The van der Waals surface area contributed by atoms with E-state index in [0.29, 0.717) is 0 Å². The van der Waals surface area contributed by atoms with Gasteiger partial charge in [0.2, 0.25) is 5.91 Å². The van der Waals surface area contributed by atoms with Crippen molar-refractivity contribution >= 4 is 28.4 Å². The lowest BCUT2D eigenvalue weighted by atomic mass is 10.0. The van der Waals surface area contributed by atoms with E-state index < -0.39 is 0 Å². The standard InChI is InChI=1S/C21H17NO/c23-20(14-9-15-5-2-1-3-6-15)22-19-13-12-17-11-10-16-7-4-8-18(19)21(16)17/h1-9,12-14H,10-11H2,(H,22,23). The summed E-state index contributed by atoms with van der Waals surface area (Å²) in [6.45, 7) is 0. The fraction of sp³-hybridized carbons (Fsp3) is 0.0952. The Morgan fingerprint density at radius 3 is 2.48 bits per heavy atom. The highest BCUT2D eigenvalue weighted by Gasteiger charge is 2.16. The molecule has 1 N–H and O–H groups in total. The molecule has 0 aliphatic heterocycles. The van der Waals surface area contributed by atoms with E-state index in [0.717, 1.165) is 29.5 Å². The van der Waals surface area contributed by atoms with Crippen molar-refractivity contribution in [1.29, 1.82) is 0 Å². The molecule has 1 amide bonds. The maximum Gasteiger partial charge on any atom is 0.248 e. The van der Waals surface area contributed by atoms with Crippen molar-refractivity contribution < 1.29 is 4.79 Å². The summed E-state index contributed by atoms with van der Waals surface area (Å²) < 4.78 is 0. The van der Waals surface area contributed by atoms with Gasteiger partial charge in [-0.2, -0.15) is 0 Å². The Labute approximate surface area is 135 Å². The van der Waals surface area contributed by atoms with Gasteiger partial charge >= 0.3 is 0 Å². The summed E-state index contributed by atoms with van der Waals surface area (Å²) in [6.07, 6.45) is 5.60. The zero-order valence-corrected chi connectivity index (χ0v) is 12.8. The fourth-order valence-electron chi connectivity index (χ4n) is 3.27. The van der Waals surface area contributed by atoms with Crippen molar-refractivity contribution in [1.82, 2.24) is 0 Å². The van der Waals surface area contributed by atoms with Gasteiger partial charge in [0.05, 0.1) is 0 Å². The van der Waals surface area contributed by atoms with E-state index in [-0.39, 0.29) is 5.91 Å². The zero-order valence-electron chi connectivity index (χ0n) is 12.8. The van der Waals surface area contributed by atoms with Gasteiger partial charge in [-0.3, -0.25) is 4.79 Å². The predicted octanol–water partition coefficient (Wildman–Crippen LogP) is 4.59. The predicted molar refractivity (Wildman–Crippen MR) is 95.5 cm³/mol. The van der Waals surface area contributed by atoms with Gasteiger partial charge in [-0.25, -0.2) is 0 Å². The summed E-state index contributed by atoms with van der Waals surface area (Å²) in [6, 6.07) is 20.3. The van der Waals surface area contributed by atoms with Gasteiger partial charge in [-0.15, -0.1) is 0 Å². The Kier molecular flexibility index (Phi) is 3.43. The lowest BCUT2D eigenvalue weighted by Gasteiger charge is -2.09. The Bertz CT molecular complexity index is 900. The zero-order chi connectivity index (χ0) is 15.6. The highest BCUT2D eigenvalue weighted by Crippen LogP contribution is 2.34. The number of amides is 1. The third-order valence-electron chi connectivity index (χ3n) is 4.36. The lowest BCUT2D eigenvalue weighted by Crippen LogP contribution is -2.08. The number of rotatable bonds is 3. The molecule has 0 fully saturated rings. The molecule has 2 nitrogen and oxygen atoms in total. The first-order valence-electron chi connectivity index (χ1n) is 7.89. The molecular formula is C21H17NO. The average Bonchev–Trinajstić information content (AvgIpc) is 3.01. The monoisotopic (exact) mass is 299 g/mol. The number of carbonyl (C=O) groups excluding carboxylic acids is 1. The molecule has 0 atom stereocenters.